The molecule has 0 aliphatic heterocycles. The molecule has 3 heterocycles. The number of imidazole rings is 1. The molecule has 3 aromatic rings. The van der Waals surface area contributed by atoms with E-state index in [9.17, 15) is 0 Å². The molecule has 0 spiro atoms. The van der Waals surface area contributed by atoms with Crippen molar-refractivity contribution >= 4 is 5.95 Å². The van der Waals surface area contributed by atoms with Crippen LogP contribution in [0.5, 0.6) is 0 Å². The summed E-state index contributed by atoms with van der Waals surface area (Å²) in [6.45, 7) is 2.04. The normalized spacial score (nSPS) is 10.7. The molecule has 0 fully saturated rings. The van der Waals surface area contributed by atoms with Gasteiger partial charge in [0.05, 0.1) is 0 Å². The molecule has 3 aromatic heterocycles. The summed E-state index contributed by atoms with van der Waals surface area (Å²) in [5.41, 5.74) is 0. The Morgan fingerprint density at radius 2 is 1.95 bits per heavy atom. The van der Waals surface area contributed by atoms with Gasteiger partial charge in [0.15, 0.2) is 0 Å². The topological polar surface area (TPSA) is 86.3 Å². The molecule has 3 rings (SSSR count). The fourth-order valence-corrected chi connectivity index (χ4v) is 1.84. The van der Waals surface area contributed by atoms with Crippen LogP contribution in [-0.4, -0.2) is 41.3 Å². The summed E-state index contributed by atoms with van der Waals surface area (Å²) in [5.74, 6) is 2.35. The van der Waals surface area contributed by atoms with E-state index in [0.29, 0.717) is 17.8 Å². The van der Waals surface area contributed by atoms with Crippen LogP contribution in [0.2, 0.25) is 0 Å². The van der Waals surface area contributed by atoms with Crippen LogP contribution in [0.25, 0.3) is 11.9 Å². The van der Waals surface area contributed by atoms with E-state index in [4.69, 9.17) is 0 Å². The maximum atomic E-state index is 4.44. The molecule has 0 aromatic carbocycles. The summed E-state index contributed by atoms with van der Waals surface area (Å²) in [6.07, 6.45) is 7.82. The highest BCUT2D eigenvalue weighted by atomic mass is 15.4. The van der Waals surface area contributed by atoms with Crippen molar-refractivity contribution in [1.29, 1.82) is 0 Å². The number of hydrogen-bond donors (Lipinski definition) is 1. The van der Waals surface area contributed by atoms with E-state index in [1.54, 1.807) is 30.3 Å². The number of hydrogen-bond acceptors (Lipinski definition) is 6. The second-order valence-corrected chi connectivity index (χ2v) is 4.03. The summed E-state index contributed by atoms with van der Waals surface area (Å²) in [6, 6.07) is 1.82. The van der Waals surface area contributed by atoms with Crippen molar-refractivity contribution < 1.29 is 0 Å². The molecular formula is C12H14N8. The molecule has 8 heteroatoms. The lowest BCUT2D eigenvalue weighted by Gasteiger charge is -2.08. The first kappa shape index (κ1) is 12.3. The van der Waals surface area contributed by atoms with Crippen molar-refractivity contribution in [3.05, 3.63) is 36.7 Å². The van der Waals surface area contributed by atoms with Gasteiger partial charge in [-0.15, -0.1) is 0 Å². The molecule has 0 radical (unpaired) electrons. The first-order valence-corrected chi connectivity index (χ1v) is 6.28. The minimum atomic E-state index is 0.458. The van der Waals surface area contributed by atoms with E-state index in [0.717, 1.165) is 12.2 Å². The zero-order valence-corrected chi connectivity index (χ0v) is 11.2. The van der Waals surface area contributed by atoms with Crippen LogP contribution in [0.4, 0.5) is 5.95 Å². The molecule has 0 amide bonds. The van der Waals surface area contributed by atoms with Gasteiger partial charge in [-0.25, -0.2) is 9.67 Å². The lowest BCUT2D eigenvalue weighted by molar-refractivity contribution is 0.762. The third-order valence-electron chi connectivity index (χ3n) is 2.79. The van der Waals surface area contributed by atoms with Gasteiger partial charge in [-0.2, -0.15) is 20.1 Å². The predicted molar refractivity (Wildman–Crippen MR) is 73.0 cm³/mol. The highest BCUT2D eigenvalue weighted by molar-refractivity contribution is 5.32. The molecule has 0 atom stereocenters. The van der Waals surface area contributed by atoms with Gasteiger partial charge >= 0.3 is 0 Å². The Bertz CT molecular complexity index is 700. The van der Waals surface area contributed by atoms with Gasteiger partial charge in [0.2, 0.25) is 11.9 Å². The average molecular weight is 270 g/mol. The Balaban J connectivity index is 2.14. The maximum absolute atomic E-state index is 4.44. The van der Waals surface area contributed by atoms with Crippen LogP contribution < -0.4 is 5.32 Å². The highest BCUT2D eigenvalue weighted by Crippen LogP contribution is 2.11. The minimum Gasteiger partial charge on any atom is -0.357 e. The quantitative estimate of drug-likeness (QED) is 0.756. The number of aromatic nitrogens is 7. The fraction of sp³-hybridized carbons (Fsp3) is 0.250. The number of aryl methyl sites for hydroxylation is 1. The fourth-order valence-electron chi connectivity index (χ4n) is 1.84. The van der Waals surface area contributed by atoms with Crippen LogP contribution >= 0.6 is 0 Å². The van der Waals surface area contributed by atoms with E-state index in [1.165, 1.54) is 0 Å². The second-order valence-electron chi connectivity index (χ2n) is 4.03. The summed E-state index contributed by atoms with van der Waals surface area (Å²) < 4.78 is 3.43. The standard InChI is InChI=1S/C12H14N8/c1-3-9-14-6-8-19(9)11-16-10(13-2)17-12(18-11)20-7-4-5-15-20/h4-8H,3H2,1-2H3,(H,13,16,17,18). The minimum absolute atomic E-state index is 0.458. The van der Waals surface area contributed by atoms with Crippen LogP contribution in [0.3, 0.4) is 0 Å². The number of anilines is 1. The second kappa shape index (κ2) is 5.08. The zero-order chi connectivity index (χ0) is 13.9. The molecular weight excluding hydrogens is 256 g/mol. The largest absolute Gasteiger partial charge is 0.357 e. The lowest BCUT2D eigenvalue weighted by Crippen LogP contribution is -2.12. The van der Waals surface area contributed by atoms with Crippen LogP contribution in [0, 0.1) is 0 Å². The Labute approximate surface area is 115 Å². The van der Waals surface area contributed by atoms with Gasteiger partial charge in [-0.3, -0.25) is 4.57 Å². The average Bonchev–Trinajstić information content (AvgIpc) is 3.17. The van der Waals surface area contributed by atoms with Crippen molar-refractivity contribution in [2.75, 3.05) is 12.4 Å². The Hall–Kier alpha value is -2.77. The van der Waals surface area contributed by atoms with Gasteiger partial charge in [0.1, 0.15) is 5.82 Å². The Morgan fingerprint density at radius 3 is 2.65 bits per heavy atom. The van der Waals surface area contributed by atoms with E-state index in [1.807, 2.05) is 23.8 Å². The third kappa shape index (κ3) is 2.11. The number of nitrogens with one attached hydrogen (secondary N) is 1. The number of rotatable bonds is 4. The third-order valence-corrected chi connectivity index (χ3v) is 2.79. The number of nitrogens with zero attached hydrogens (tertiary/aromatic N) is 7. The molecule has 0 bridgehead atoms. The molecule has 0 aliphatic carbocycles. The smallest absolute Gasteiger partial charge is 0.257 e. The summed E-state index contributed by atoms with van der Waals surface area (Å²) >= 11 is 0. The van der Waals surface area contributed by atoms with E-state index >= 15 is 0 Å². The van der Waals surface area contributed by atoms with Gasteiger partial charge in [-0.1, -0.05) is 6.92 Å². The molecule has 0 saturated carbocycles. The monoisotopic (exact) mass is 270 g/mol. The summed E-state index contributed by atoms with van der Waals surface area (Å²) in [4.78, 5) is 17.4. The van der Waals surface area contributed by atoms with E-state index < -0.39 is 0 Å². The van der Waals surface area contributed by atoms with Gasteiger partial charge < -0.3 is 5.32 Å². The lowest BCUT2D eigenvalue weighted by atomic mass is 10.4. The molecule has 102 valence electrons. The van der Waals surface area contributed by atoms with Crippen molar-refractivity contribution in [3.63, 3.8) is 0 Å². The SMILES string of the molecule is CCc1nccn1-c1nc(NC)nc(-n2cccn2)n1. The van der Waals surface area contributed by atoms with Crippen molar-refractivity contribution in [3.8, 4) is 11.9 Å². The van der Waals surface area contributed by atoms with E-state index in [-0.39, 0.29) is 0 Å². The van der Waals surface area contributed by atoms with Crippen LogP contribution in [-0.2, 0) is 6.42 Å². The maximum Gasteiger partial charge on any atom is 0.257 e. The van der Waals surface area contributed by atoms with Gasteiger partial charge in [0, 0.05) is 38.3 Å². The van der Waals surface area contributed by atoms with Gasteiger partial charge in [-0.05, 0) is 6.07 Å². The molecule has 8 nitrogen and oxygen atoms in total. The Morgan fingerprint density at radius 1 is 1.10 bits per heavy atom. The van der Waals surface area contributed by atoms with Crippen LogP contribution in [0.15, 0.2) is 30.9 Å². The molecule has 20 heavy (non-hydrogen) atoms. The molecule has 0 saturated heterocycles. The molecule has 0 unspecified atom stereocenters. The predicted octanol–water partition coefficient (Wildman–Crippen LogP) is 0.847. The van der Waals surface area contributed by atoms with E-state index in [2.05, 4.69) is 30.4 Å². The molecule has 1 N–H and O–H groups in total. The summed E-state index contributed by atoms with van der Waals surface area (Å²) in [5, 5.41) is 7.07. The van der Waals surface area contributed by atoms with Crippen molar-refractivity contribution in [1.82, 2.24) is 34.3 Å². The zero-order valence-electron chi connectivity index (χ0n) is 11.2. The molecule has 0 aliphatic rings. The highest BCUT2D eigenvalue weighted by Gasteiger charge is 2.11. The van der Waals surface area contributed by atoms with Gasteiger partial charge in [0.25, 0.3) is 5.95 Å². The Kier molecular flexibility index (Phi) is 3.12. The summed E-state index contributed by atoms with van der Waals surface area (Å²) in [7, 11) is 1.76. The van der Waals surface area contributed by atoms with Crippen molar-refractivity contribution in [2.45, 2.75) is 13.3 Å². The first-order valence-electron chi connectivity index (χ1n) is 6.28. The van der Waals surface area contributed by atoms with Crippen LogP contribution in [0.1, 0.15) is 12.7 Å². The van der Waals surface area contributed by atoms with Crippen molar-refractivity contribution in [2.24, 2.45) is 0 Å². The first-order chi connectivity index (χ1) is 9.81.